The van der Waals surface area contributed by atoms with Crippen LogP contribution in [-0.4, -0.2) is 76.8 Å². The first-order chi connectivity index (χ1) is 26.6. The summed E-state index contributed by atoms with van der Waals surface area (Å²) in [6.07, 6.45) is 12.6. The van der Waals surface area contributed by atoms with Gasteiger partial charge in [-0.3, -0.25) is 9.59 Å². The minimum atomic E-state index is -1.27. The van der Waals surface area contributed by atoms with Crippen LogP contribution in [0.2, 0.25) is 0 Å². The predicted octanol–water partition coefficient (Wildman–Crippen LogP) is 8.37. The van der Waals surface area contributed by atoms with Gasteiger partial charge >= 0.3 is 0 Å². The number of nitrogens with zero attached hydrogens (tertiary/aromatic N) is 2. The first-order valence-corrected chi connectivity index (χ1v) is 20.4. The van der Waals surface area contributed by atoms with Crippen molar-refractivity contribution in [3.05, 3.63) is 77.9 Å². The number of oxime groups is 1. The molecular weight excluding hydrogens is 697 g/mol. The van der Waals surface area contributed by atoms with Crippen LogP contribution < -0.4 is 9.47 Å². The molecular formula is C45H60N2O8. The predicted molar refractivity (Wildman–Crippen MR) is 212 cm³/mol. The number of benzene rings is 2. The van der Waals surface area contributed by atoms with E-state index in [0.29, 0.717) is 48.6 Å². The van der Waals surface area contributed by atoms with E-state index in [1.165, 1.54) is 0 Å². The summed E-state index contributed by atoms with van der Waals surface area (Å²) in [5.41, 5.74) is 2.76. The molecule has 298 valence electrons. The second kappa shape index (κ2) is 17.9. The van der Waals surface area contributed by atoms with Crippen molar-refractivity contribution >= 4 is 17.9 Å². The highest BCUT2D eigenvalue weighted by Crippen LogP contribution is 2.62. The number of hydrogen-bond donors (Lipinski definition) is 2. The third-order valence-electron chi connectivity index (χ3n) is 11.4. The Balaban J connectivity index is 1.59. The van der Waals surface area contributed by atoms with Crippen LogP contribution in [0.5, 0.6) is 17.2 Å². The summed E-state index contributed by atoms with van der Waals surface area (Å²) < 4.78 is 20.8. The van der Waals surface area contributed by atoms with Gasteiger partial charge in [0.15, 0.2) is 0 Å². The van der Waals surface area contributed by atoms with Gasteiger partial charge in [-0.05, 0) is 113 Å². The molecule has 2 aromatic rings. The zero-order valence-corrected chi connectivity index (χ0v) is 33.1. The average molecular weight is 757 g/mol. The van der Waals surface area contributed by atoms with Crippen molar-refractivity contribution in [3.8, 4) is 17.2 Å². The van der Waals surface area contributed by atoms with Gasteiger partial charge in [0, 0.05) is 49.1 Å². The molecule has 4 aliphatic rings. The van der Waals surface area contributed by atoms with Crippen LogP contribution >= 0.6 is 0 Å². The minimum absolute atomic E-state index is 0.0104. The largest absolute Gasteiger partial charge is 0.459 e. The Morgan fingerprint density at radius 2 is 1.80 bits per heavy atom. The maximum Gasteiger partial charge on any atom is 0.239 e. The monoisotopic (exact) mass is 756 g/mol. The SMILES string of the molecule is C=CCOC12Oc3ccc(Oc4cccc(C=O)c4)cc3C3C(CCCCO)C(CCCCO)C=C(C(=NOC(C)(C)C)CC1N(CCC)C(=O)C1CC1)C32. The van der Waals surface area contributed by atoms with Crippen molar-refractivity contribution in [2.75, 3.05) is 26.4 Å². The summed E-state index contributed by atoms with van der Waals surface area (Å²) in [7, 11) is 0. The highest BCUT2D eigenvalue weighted by molar-refractivity contribution is 6.03. The van der Waals surface area contributed by atoms with E-state index in [0.717, 1.165) is 68.1 Å². The second-order valence-electron chi connectivity index (χ2n) is 16.6. The number of carbonyl (C=O) groups excluding carboxylic acids is 2. The summed E-state index contributed by atoms with van der Waals surface area (Å²) in [5.74, 6) is 0.367. The van der Waals surface area contributed by atoms with Crippen LogP contribution in [0, 0.1) is 23.7 Å². The number of hydrogen-bond acceptors (Lipinski definition) is 9. The van der Waals surface area contributed by atoms with E-state index in [9.17, 15) is 19.8 Å². The number of aldehydes is 1. The topological polar surface area (TPSA) is 127 Å². The molecule has 1 aliphatic heterocycles. The standard InChI is InChI=1S/C45H60N2O8/c1-6-21-47(43(51)31-17-18-31)40-28-38(46-55-44(3,4)5)36-26-32(14-8-10-22-48)35(16-9-11-23-49)41-37-27-34(53-33-15-12-13-30(25-33)29-50)19-20-39(37)54-45(40,42(36)41)52-24-7-2/h7,12-13,15,19-20,25-27,29,31-32,35,40-42,48-49H,2,6,8-11,14,16-18,21-24,28H2,1,3-5H3. The van der Waals surface area contributed by atoms with E-state index in [2.05, 4.69) is 25.6 Å². The molecule has 55 heavy (non-hydrogen) atoms. The Labute approximate surface area is 326 Å². The summed E-state index contributed by atoms with van der Waals surface area (Å²) in [4.78, 5) is 34.1. The zero-order valence-electron chi connectivity index (χ0n) is 33.1. The highest BCUT2D eigenvalue weighted by atomic mass is 16.7. The van der Waals surface area contributed by atoms with E-state index in [4.69, 9.17) is 24.2 Å². The Bertz CT molecular complexity index is 1730. The van der Waals surface area contributed by atoms with E-state index in [1.54, 1.807) is 24.3 Å². The van der Waals surface area contributed by atoms with Crippen molar-refractivity contribution in [1.29, 1.82) is 0 Å². The number of aliphatic hydroxyl groups is 2. The van der Waals surface area contributed by atoms with Crippen molar-refractivity contribution in [2.24, 2.45) is 28.8 Å². The fraction of sp³-hybridized carbons (Fsp3) is 0.578. The summed E-state index contributed by atoms with van der Waals surface area (Å²) in [6, 6.07) is 12.5. The van der Waals surface area contributed by atoms with Gasteiger partial charge in [0.2, 0.25) is 11.7 Å². The quantitative estimate of drug-likeness (QED) is 0.0634. The van der Waals surface area contributed by atoms with Gasteiger partial charge < -0.3 is 34.2 Å². The Hall–Kier alpha value is -3.99. The molecule has 0 bridgehead atoms. The fourth-order valence-electron chi connectivity index (χ4n) is 8.92. The van der Waals surface area contributed by atoms with Crippen LogP contribution in [0.4, 0.5) is 0 Å². The van der Waals surface area contributed by atoms with E-state index in [1.807, 2.05) is 43.9 Å². The molecule has 10 heteroatoms. The summed E-state index contributed by atoms with van der Waals surface area (Å²) >= 11 is 0. The van der Waals surface area contributed by atoms with Crippen molar-refractivity contribution < 1.29 is 38.9 Å². The maximum atomic E-state index is 14.3. The van der Waals surface area contributed by atoms with Crippen molar-refractivity contribution in [1.82, 2.24) is 4.90 Å². The van der Waals surface area contributed by atoms with Gasteiger partial charge in [-0.25, -0.2) is 0 Å². The third-order valence-corrected chi connectivity index (χ3v) is 11.4. The normalized spacial score (nSPS) is 26.3. The molecule has 2 N–H and O–H groups in total. The van der Waals surface area contributed by atoms with Gasteiger partial charge in [-0.2, -0.15) is 0 Å². The molecule has 6 atom stereocenters. The molecule has 0 spiro atoms. The molecule has 6 unspecified atom stereocenters. The summed E-state index contributed by atoms with van der Waals surface area (Å²) in [6.45, 7) is 13.1. The number of unbranched alkanes of at least 4 members (excludes halogenated alkanes) is 2. The Morgan fingerprint density at radius 3 is 2.47 bits per heavy atom. The molecule has 0 aromatic heterocycles. The molecule has 1 amide bonds. The molecule has 2 aromatic carbocycles. The second-order valence-corrected chi connectivity index (χ2v) is 16.6. The van der Waals surface area contributed by atoms with Gasteiger partial charge in [0.05, 0.1) is 18.2 Å². The van der Waals surface area contributed by atoms with Crippen LogP contribution in [0.1, 0.15) is 114 Å². The number of ether oxygens (including phenoxy) is 3. The number of amides is 1. The zero-order chi connectivity index (χ0) is 39.2. The van der Waals surface area contributed by atoms with Gasteiger partial charge in [-0.15, -0.1) is 6.58 Å². The van der Waals surface area contributed by atoms with E-state index in [-0.39, 0.29) is 55.3 Å². The lowest BCUT2D eigenvalue weighted by atomic mass is 9.55. The lowest BCUT2D eigenvalue weighted by molar-refractivity contribution is -0.257. The molecule has 10 nitrogen and oxygen atoms in total. The molecule has 2 fully saturated rings. The third kappa shape index (κ3) is 9.03. The number of rotatable bonds is 19. The summed E-state index contributed by atoms with van der Waals surface area (Å²) in [5, 5.41) is 24.7. The van der Waals surface area contributed by atoms with Crippen LogP contribution in [0.15, 0.2) is 71.9 Å². The van der Waals surface area contributed by atoms with Crippen LogP contribution in [0.3, 0.4) is 0 Å². The van der Waals surface area contributed by atoms with Crippen LogP contribution in [-0.2, 0) is 14.4 Å². The van der Waals surface area contributed by atoms with Gasteiger partial charge in [0.25, 0.3) is 0 Å². The highest BCUT2D eigenvalue weighted by Gasteiger charge is 2.65. The molecule has 1 heterocycles. The lowest BCUT2D eigenvalue weighted by Gasteiger charge is -2.60. The fourth-order valence-corrected chi connectivity index (χ4v) is 8.92. The first kappa shape index (κ1) is 40.7. The van der Waals surface area contributed by atoms with Crippen molar-refractivity contribution in [2.45, 2.75) is 115 Å². The van der Waals surface area contributed by atoms with Crippen LogP contribution in [0.25, 0.3) is 0 Å². The van der Waals surface area contributed by atoms with Gasteiger partial charge in [0.1, 0.15) is 35.2 Å². The lowest BCUT2D eigenvalue weighted by Crippen LogP contribution is -2.70. The molecule has 0 saturated heterocycles. The van der Waals surface area contributed by atoms with Gasteiger partial charge in [-0.1, -0.05) is 49.2 Å². The Kier molecular flexibility index (Phi) is 13.2. The number of fused-ring (bicyclic) bond motifs is 2. The number of allylic oxidation sites excluding steroid dienone is 1. The van der Waals surface area contributed by atoms with E-state index < -0.39 is 17.4 Å². The molecule has 6 rings (SSSR count). The average Bonchev–Trinajstić information content (AvgIpc) is 4.02. The molecule has 2 saturated carbocycles. The minimum Gasteiger partial charge on any atom is -0.459 e. The van der Waals surface area contributed by atoms with E-state index >= 15 is 0 Å². The number of aliphatic hydroxyl groups excluding tert-OH is 2. The molecule has 3 aliphatic carbocycles. The van der Waals surface area contributed by atoms with Crippen molar-refractivity contribution in [3.63, 3.8) is 0 Å². The molecule has 0 radical (unpaired) electrons. The smallest absolute Gasteiger partial charge is 0.239 e. The number of carbonyl (C=O) groups is 2. The maximum absolute atomic E-state index is 14.3. The first-order valence-electron chi connectivity index (χ1n) is 20.4. The Morgan fingerprint density at radius 1 is 1.05 bits per heavy atom.